The van der Waals surface area contributed by atoms with Gasteiger partial charge in [-0.2, -0.15) is 11.8 Å². The van der Waals surface area contributed by atoms with E-state index in [0.29, 0.717) is 0 Å². The predicted molar refractivity (Wildman–Crippen MR) is 53.8 cm³/mol. The lowest BCUT2D eigenvalue weighted by Crippen LogP contribution is -2.09. The van der Waals surface area contributed by atoms with E-state index < -0.39 is 0 Å². The van der Waals surface area contributed by atoms with Gasteiger partial charge in [0.05, 0.1) is 0 Å². The van der Waals surface area contributed by atoms with Crippen molar-refractivity contribution in [3.8, 4) is 0 Å². The lowest BCUT2D eigenvalue weighted by atomic mass is 10.3. The van der Waals surface area contributed by atoms with Crippen LogP contribution in [0.3, 0.4) is 0 Å². The second kappa shape index (κ2) is 4.36. The zero-order chi connectivity index (χ0) is 8.97. The van der Waals surface area contributed by atoms with Crippen LogP contribution in [0.4, 0.5) is 0 Å². The first-order chi connectivity index (χ1) is 5.74. The first-order valence-corrected chi connectivity index (χ1v) is 5.29. The Morgan fingerprint density at radius 3 is 2.92 bits per heavy atom. The Morgan fingerprint density at radius 2 is 2.33 bits per heavy atom. The van der Waals surface area contributed by atoms with Crippen LogP contribution >= 0.6 is 11.8 Å². The van der Waals surface area contributed by atoms with Crippen LogP contribution in [-0.4, -0.2) is 16.6 Å². The molecule has 1 aromatic heterocycles. The minimum atomic E-state index is 0.121. The molecule has 1 heterocycles. The number of pyridine rings is 1. The Kier molecular flexibility index (Phi) is 3.41. The highest BCUT2D eigenvalue weighted by molar-refractivity contribution is 7.98. The van der Waals surface area contributed by atoms with E-state index in [1.54, 1.807) is 6.07 Å². The number of nitrogens with zero attached hydrogens (tertiary/aromatic N) is 1. The minimum Gasteiger partial charge on any atom is -0.353 e. The summed E-state index contributed by atoms with van der Waals surface area (Å²) >= 11 is 1.81. The monoisotopic (exact) mass is 183 g/mol. The quantitative estimate of drug-likeness (QED) is 0.708. The summed E-state index contributed by atoms with van der Waals surface area (Å²) in [7, 11) is 0. The van der Waals surface area contributed by atoms with Crippen LogP contribution in [0.1, 0.15) is 5.56 Å². The molecule has 0 N–H and O–H groups in total. The molecule has 0 amide bonds. The third-order valence-electron chi connectivity index (χ3n) is 1.72. The highest BCUT2D eigenvalue weighted by Crippen LogP contribution is 1.96. The van der Waals surface area contributed by atoms with E-state index in [4.69, 9.17) is 0 Å². The summed E-state index contributed by atoms with van der Waals surface area (Å²) in [4.78, 5) is 11.0. The Labute approximate surface area is 76.6 Å². The fourth-order valence-electron chi connectivity index (χ4n) is 0.986. The van der Waals surface area contributed by atoms with Crippen LogP contribution in [0.15, 0.2) is 23.3 Å². The van der Waals surface area contributed by atoms with Gasteiger partial charge in [-0.15, -0.1) is 0 Å². The molecule has 0 bridgehead atoms. The van der Waals surface area contributed by atoms with Crippen molar-refractivity contribution in [2.45, 2.75) is 13.5 Å². The molecule has 0 aliphatic heterocycles. The molecule has 0 saturated carbocycles. The number of hydrogen-bond donors (Lipinski definition) is 0. The van der Waals surface area contributed by atoms with E-state index in [2.05, 4.69) is 6.26 Å². The van der Waals surface area contributed by atoms with Crippen molar-refractivity contribution < 1.29 is 0 Å². The van der Waals surface area contributed by atoms with Crippen molar-refractivity contribution in [1.82, 2.24) is 4.57 Å². The van der Waals surface area contributed by atoms with Gasteiger partial charge in [0, 0.05) is 36.3 Å². The van der Waals surface area contributed by atoms with E-state index in [0.717, 1.165) is 17.9 Å². The third kappa shape index (κ3) is 2.41. The standard InChI is InChI=1S/C9H13NOS/c1-8-7-10(5-6-12-2)4-3-9(8)11/h3-4,7H,5-6H2,1-2H3. The maximum Gasteiger partial charge on any atom is 0.184 e. The maximum absolute atomic E-state index is 11.0. The number of aromatic nitrogens is 1. The van der Waals surface area contributed by atoms with E-state index in [-0.39, 0.29) is 5.43 Å². The third-order valence-corrected chi connectivity index (χ3v) is 2.31. The van der Waals surface area contributed by atoms with Gasteiger partial charge in [-0.25, -0.2) is 0 Å². The topological polar surface area (TPSA) is 22.0 Å². The normalized spacial score (nSPS) is 10.2. The van der Waals surface area contributed by atoms with Gasteiger partial charge in [0.25, 0.3) is 0 Å². The van der Waals surface area contributed by atoms with Crippen molar-refractivity contribution in [3.05, 3.63) is 34.2 Å². The molecular formula is C9H13NOS. The van der Waals surface area contributed by atoms with Gasteiger partial charge in [-0.1, -0.05) is 0 Å². The smallest absolute Gasteiger partial charge is 0.184 e. The SMILES string of the molecule is CSCCn1ccc(=O)c(C)c1. The molecular weight excluding hydrogens is 170 g/mol. The summed E-state index contributed by atoms with van der Waals surface area (Å²) in [6.45, 7) is 2.82. The van der Waals surface area contributed by atoms with Gasteiger partial charge in [0.1, 0.15) is 0 Å². The fraction of sp³-hybridized carbons (Fsp3) is 0.444. The molecule has 0 aromatic carbocycles. The Balaban J connectivity index is 2.75. The average Bonchev–Trinajstić information content (AvgIpc) is 2.07. The van der Waals surface area contributed by atoms with Crippen molar-refractivity contribution in [3.63, 3.8) is 0 Å². The summed E-state index contributed by atoms with van der Waals surface area (Å²) in [5.41, 5.74) is 0.939. The molecule has 0 unspecified atom stereocenters. The van der Waals surface area contributed by atoms with E-state index in [1.807, 2.05) is 35.6 Å². The van der Waals surface area contributed by atoms with Crippen LogP contribution in [0.5, 0.6) is 0 Å². The lowest BCUT2D eigenvalue weighted by Gasteiger charge is -2.04. The molecule has 0 atom stereocenters. The van der Waals surface area contributed by atoms with Gasteiger partial charge in [0.2, 0.25) is 0 Å². The highest BCUT2D eigenvalue weighted by Gasteiger charge is 1.93. The summed E-state index contributed by atoms with van der Waals surface area (Å²) < 4.78 is 2.05. The maximum atomic E-state index is 11.0. The van der Waals surface area contributed by atoms with Crippen molar-refractivity contribution in [1.29, 1.82) is 0 Å². The molecule has 2 nitrogen and oxygen atoms in total. The van der Waals surface area contributed by atoms with Gasteiger partial charge in [-0.3, -0.25) is 4.79 Å². The van der Waals surface area contributed by atoms with Crippen LogP contribution in [0, 0.1) is 6.92 Å². The number of thioether (sulfide) groups is 1. The van der Waals surface area contributed by atoms with Crippen LogP contribution in [-0.2, 0) is 6.54 Å². The summed E-state index contributed by atoms with van der Waals surface area (Å²) in [5.74, 6) is 1.09. The Hall–Kier alpha value is -0.700. The van der Waals surface area contributed by atoms with Crippen LogP contribution < -0.4 is 5.43 Å². The first-order valence-electron chi connectivity index (χ1n) is 3.89. The molecule has 3 heteroatoms. The summed E-state index contributed by atoms with van der Waals surface area (Å²) in [6.07, 6.45) is 5.82. The van der Waals surface area contributed by atoms with Gasteiger partial charge in [0.15, 0.2) is 5.43 Å². The molecule has 0 radical (unpaired) electrons. The van der Waals surface area contributed by atoms with Crippen molar-refractivity contribution in [2.75, 3.05) is 12.0 Å². The molecule has 12 heavy (non-hydrogen) atoms. The Morgan fingerprint density at radius 1 is 1.58 bits per heavy atom. The number of aryl methyl sites for hydroxylation is 2. The van der Waals surface area contributed by atoms with E-state index in [9.17, 15) is 4.79 Å². The second-order valence-electron chi connectivity index (χ2n) is 2.72. The predicted octanol–water partition coefficient (Wildman–Crippen LogP) is 1.52. The molecule has 0 saturated heterocycles. The zero-order valence-electron chi connectivity index (χ0n) is 7.41. The summed E-state index contributed by atoms with van der Waals surface area (Å²) in [5, 5.41) is 0. The van der Waals surface area contributed by atoms with E-state index >= 15 is 0 Å². The largest absolute Gasteiger partial charge is 0.353 e. The molecule has 1 rings (SSSR count). The number of hydrogen-bond acceptors (Lipinski definition) is 2. The zero-order valence-corrected chi connectivity index (χ0v) is 8.23. The summed E-state index contributed by atoms with van der Waals surface area (Å²) in [6, 6.07) is 1.62. The van der Waals surface area contributed by atoms with Crippen molar-refractivity contribution in [2.24, 2.45) is 0 Å². The molecule has 66 valence electrons. The van der Waals surface area contributed by atoms with Gasteiger partial charge in [-0.05, 0) is 13.2 Å². The average molecular weight is 183 g/mol. The highest BCUT2D eigenvalue weighted by atomic mass is 32.2. The molecule has 0 spiro atoms. The minimum absolute atomic E-state index is 0.121. The number of rotatable bonds is 3. The van der Waals surface area contributed by atoms with E-state index in [1.165, 1.54) is 0 Å². The lowest BCUT2D eigenvalue weighted by molar-refractivity contribution is 0.758. The second-order valence-corrected chi connectivity index (χ2v) is 3.71. The molecule has 1 aromatic rings. The molecule has 0 aliphatic carbocycles. The van der Waals surface area contributed by atoms with Crippen LogP contribution in [0.25, 0.3) is 0 Å². The first kappa shape index (κ1) is 9.39. The van der Waals surface area contributed by atoms with Crippen molar-refractivity contribution >= 4 is 11.8 Å². The molecule has 0 fully saturated rings. The van der Waals surface area contributed by atoms with Crippen LogP contribution in [0.2, 0.25) is 0 Å². The van der Waals surface area contributed by atoms with Gasteiger partial charge >= 0.3 is 0 Å². The fourth-order valence-corrected chi connectivity index (χ4v) is 1.38. The molecule has 0 aliphatic rings. The van der Waals surface area contributed by atoms with Gasteiger partial charge < -0.3 is 4.57 Å². The Bertz CT molecular complexity index is 306.